The summed E-state index contributed by atoms with van der Waals surface area (Å²) in [5.41, 5.74) is 2.41. The number of ether oxygens (including phenoxy) is 2. The standard InChI is InChI=1S/C16H25NO2/c1-6-9-19-15-8-7-14(11-16(15)18-5)10-12(2)13(3)17-4/h7-8,10-11,13,17H,6,9H2,1-5H3/b12-10-. The summed E-state index contributed by atoms with van der Waals surface area (Å²) in [4.78, 5) is 0. The Kier molecular flexibility index (Phi) is 6.43. The first-order valence-corrected chi connectivity index (χ1v) is 6.78. The van der Waals surface area contributed by atoms with Crippen LogP contribution in [-0.2, 0) is 0 Å². The lowest BCUT2D eigenvalue weighted by molar-refractivity contribution is 0.294. The fourth-order valence-corrected chi connectivity index (χ4v) is 1.72. The molecule has 0 radical (unpaired) electrons. The second kappa shape index (κ2) is 7.85. The number of nitrogens with one attached hydrogen (secondary N) is 1. The Morgan fingerprint density at radius 1 is 1.37 bits per heavy atom. The van der Waals surface area contributed by atoms with Crippen molar-refractivity contribution >= 4 is 6.08 Å². The zero-order valence-corrected chi connectivity index (χ0v) is 12.6. The van der Waals surface area contributed by atoms with Crippen LogP contribution in [0.4, 0.5) is 0 Å². The van der Waals surface area contributed by atoms with Crippen LogP contribution < -0.4 is 14.8 Å². The van der Waals surface area contributed by atoms with E-state index >= 15 is 0 Å². The average Bonchev–Trinajstić information content (AvgIpc) is 2.44. The normalized spacial score (nSPS) is 13.2. The van der Waals surface area contributed by atoms with E-state index in [0.717, 1.165) is 23.5 Å². The van der Waals surface area contributed by atoms with Crippen LogP contribution in [0.3, 0.4) is 0 Å². The van der Waals surface area contributed by atoms with Crippen LogP contribution in [-0.4, -0.2) is 26.8 Å². The Morgan fingerprint density at radius 2 is 2.11 bits per heavy atom. The molecule has 0 aliphatic rings. The molecular weight excluding hydrogens is 238 g/mol. The van der Waals surface area contributed by atoms with Gasteiger partial charge in [-0.3, -0.25) is 0 Å². The van der Waals surface area contributed by atoms with Crippen molar-refractivity contribution < 1.29 is 9.47 Å². The maximum Gasteiger partial charge on any atom is 0.161 e. The van der Waals surface area contributed by atoms with Crippen molar-refractivity contribution in [3.63, 3.8) is 0 Å². The molecule has 3 heteroatoms. The van der Waals surface area contributed by atoms with Crippen molar-refractivity contribution in [1.29, 1.82) is 0 Å². The van der Waals surface area contributed by atoms with Gasteiger partial charge in [0.25, 0.3) is 0 Å². The summed E-state index contributed by atoms with van der Waals surface area (Å²) in [5.74, 6) is 1.59. The Morgan fingerprint density at radius 3 is 2.68 bits per heavy atom. The van der Waals surface area contributed by atoms with Gasteiger partial charge in [-0.2, -0.15) is 0 Å². The first kappa shape index (κ1) is 15.6. The predicted molar refractivity (Wildman–Crippen MR) is 81.0 cm³/mol. The zero-order chi connectivity index (χ0) is 14.3. The molecule has 0 spiro atoms. The molecule has 1 aromatic rings. The summed E-state index contributed by atoms with van der Waals surface area (Å²) < 4.78 is 11.0. The number of hydrogen-bond acceptors (Lipinski definition) is 3. The van der Waals surface area contributed by atoms with Gasteiger partial charge in [0.15, 0.2) is 11.5 Å². The number of likely N-dealkylation sites (N-methyl/N-ethyl adjacent to an activating group) is 1. The lowest BCUT2D eigenvalue weighted by atomic mass is 10.1. The molecule has 106 valence electrons. The average molecular weight is 263 g/mol. The van der Waals surface area contributed by atoms with Gasteiger partial charge in [0.05, 0.1) is 13.7 Å². The summed E-state index contributed by atoms with van der Waals surface area (Å²) in [5, 5.41) is 3.23. The molecule has 0 aliphatic heterocycles. The quantitative estimate of drug-likeness (QED) is 0.816. The number of rotatable bonds is 7. The van der Waals surface area contributed by atoms with Gasteiger partial charge < -0.3 is 14.8 Å². The van der Waals surface area contributed by atoms with E-state index in [4.69, 9.17) is 9.47 Å². The van der Waals surface area contributed by atoms with Gasteiger partial charge in [-0.25, -0.2) is 0 Å². The van der Waals surface area contributed by atoms with Crippen molar-refractivity contribution in [2.45, 2.75) is 33.2 Å². The van der Waals surface area contributed by atoms with Crippen LogP contribution in [0.15, 0.2) is 23.8 Å². The van der Waals surface area contributed by atoms with E-state index in [-0.39, 0.29) is 0 Å². The maximum absolute atomic E-state index is 5.65. The van der Waals surface area contributed by atoms with Gasteiger partial charge >= 0.3 is 0 Å². The van der Waals surface area contributed by atoms with Gasteiger partial charge in [0.1, 0.15) is 0 Å². The van der Waals surface area contributed by atoms with E-state index in [1.54, 1.807) is 7.11 Å². The fraction of sp³-hybridized carbons (Fsp3) is 0.500. The Bertz CT molecular complexity index is 427. The van der Waals surface area contributed by atoms with Gasteiger partial charge in [-0.1, -0.05) is 24.6 Å². The third kappa shape index (κ3) is 4.60. The Hall–Kier alpha value is -1.48. The lowest BCUT2D eigenvalue weighted by Crippen LogP contribution is -2.21. The van der Waals surface area contributed by atoms with E-state index in [1.807, 2.05) is 19.2 Å². The lowest BCUT2D eigenvalue weighted by Gasteiger charge is -2.13. The Labute approximate surface area is 116 Å². The molecule has 1 unspecified atom stereocenters. The van der Waals surface area contributed by atoms with Crippen molar-refractivity contribution in [2.75, 3.05) is 20.8 Å². The van der Waals surface area contributed by atoms with Crippen LogP contribution in [0.25, 0.3) is 6.08 Å². The SMILES string of the molecule is CCCOc1ccc(/C=C(/C)C(C)NC)cc1OC. The minimum absolute atomic E-state index is 0.363. The highest BCUT2D eigenvalue weighted by Crippen LogP contribution is 2.29. The third-order valence-corrected chi connectivity index (χ3v) is 3.16. The summed E-state index contributed by atoms with van der Waals surface area (Å²) in [6.45, 7) is 7.06. The van der Waals surface area contributed by atoms with Crippen LogP contribution in [0, 0.1) is 0 Å². The molecule has 3 nitrogen and oxygen atoms in total. The molecule has 0 heterocycles. The molecule has 1 atom stereocenters. The molecule has 1 aromatic carbocycles. The van der Waals surface area contributed by atoms with Gasteiger partial charge in [-0.05, 0) is 45.0 Å². The summed E-state index contributed by atoms with van der Waals surface area (Å²) >= 11 is 0. The minimum Gasteiger partial charge on any atom is -0.493 e. The molecule has 0 aliphatic carbocycles. The molecule has 0 bridgehead atoms. The summed E-state index contributed by atoms with van der Waals surface area (Å²) in [7, 11) is 3.63. The first-order valence-electron chi connectivity index (χ1n) is 6.78. The second-order valence-corrected chi connectivity index (χ2v) is 4.66. The molecular formula is C16H25NO2. The number of methoxy groups -OCH3 is 1. The zero-order valence-electron chi connectivity index (χ0n) is 12.6. The van der Waals surface area contributed by atoms with E-state index < -0.39 is 0 Å². The first-order chi connectivity index (χ1) is 9.12. The van der Waals surface area contributed by atoms with Gasteiger partial charge in [0.2, 0.25) is 0 Å². The summed E-state index contributed by atoms with van der Waals surface area (Å²) in [6.07, 6.45) is 3.15. The van der Waals surface area contributed by atoms with E-state index in [0.29, 0.717) is 12.6 Å². The van der Waals surface area contributed by atoms with Crippen LogP contribution >= 0.6 is 0 Å². The topological polar surface area (TPSA) is 30.5 Å². The van der Waals surface area contributed by atoms with Gasteiger partial charge in [0, 0.05) is 6.04 Å². The Balaban J connectivity index is 2.93. The number of hydrogen-bond donors (Lipinski definition) is 1. The fourth-order valence-electron chi connectivity index (χ4n) is 1.72. The minimum atomic E-state index is 0.363. The second-order valence-electron chi connectivity index (χ2n) is 4.66. The third-order valence-electron chi connectivity index (χ3n) is 3.16. The largest absolute Gasteiger partial charge is 0.493 e. The highest BCUT2D eigenvalue weighted by Gasteiger charge is 2.06. The van der Waals surface area contributed by atoms with E-state index in [9.17, 15) is 0 Å². The molecule has 0 saturated carbocycles. The highest BCUT2D eigenvalue weighted by atomic mass is 16.5. The highest BCUT2D eigenvalue weighted by molar-refractivity contribution is 5.58. The van der Waals surface area contributed by atoms with Crippen molar-refractivity contribution in [3.05, 3.63) is 29.3 Å². The van der Waals surface area contributed by atoms with Crippen LogP contribution in [0.2, 0.25) is 0 Å². The van der Waals surface area contributed by atoms with Crippen molar-refractivity contribution in [1.82, 2.24) is 5.32 Å². The molecule has 1 rings (SSSR count). The van der Waals surface area contributed by atoms with Crippen LogP contribution in [0.5, 0.6) is 11.5 Å². The van der Waals surface area contributed by atoms with Crippen molar-refractivity contribution in [3.8, 4) is 11.5 Å². The molecule has 0 aromatic heterocycles. The van der Waals surface area contributed by atoms with E-state index in [1.165, 1.54) is 5.57 Å². The molecule has 0 saturated heterocycles. The molecule has 1 N–H and O–H groups in total. The van der Waals surface area contributed by atoms with Crippen LogP contribution in [0.1, 0.15) is 32.8 Å². The number of benzene rings is 1. The molecule has 0 fully saturated rings. The van der Waals surface area contributed by atoms with E-state index in [2.05, 4.69) is 38.2 Å². The molecule has 19 heavy (non-hydrogen) atoms. The maximum atomic E-state index is 5.65. The smallest absolute Gasteiger partial charge is 0.161 e. The predicted octanol–water partition coefficient (Wildman–Crippen LogP) is 3.50. The summed E-state index contributed by atoms with van der Waals surface area (Å²) in [6, 6.07) is 6.40. The molecule has 0 amide bonds. The van der Waals surface area contributed by atoms with Crippen molar-refractivity contribution in [2.24, 2.45) is 0 Å². The monoisotopic (exact) mass is 263 g/mol. The van der Waals surface area contributed by atoms with Gasteiger partial charge in [-0.15, -0.1) is 0 Å².